The lowest BCUT2D eigenvalue weighted by Gasteiger charge is -2.30. The Balaban J connectivity index is 1.24. The first-order valence-corrected chi connectivity index (χ1v) is 48.7. The lowest BCUT2D eigenvalue weighted by Crippen LogP contribution is -2.63. The Hall–Kier alpha value is -14.9. The smallest absolute Gasteiger partial charge is 0.326 e. The van der Waals surface area contributed by atoms with Crippen molar-refractivity contribution in [3.8, 4) is 0 Å². The molecule has 0 saturated heterocycles. The van der Waals surface area contributed by atoms with Crippen molar-refractivity contribution in [2.75, 3.05) is 30.6 Å². The molecule has 3 heterocycles. The fourth-order valence-corrected chi connectivity index (χ4v) is 15.6. The van der Waals surface area contributed by atoms with Crippen molar-refractivity contribution in [2.24, 2.45) is 23.3 Å². The molecule has 0 aliphatic rings. The molecule has 0 aliphatic heterocycles. The van der Waals surface area contributed by atoms with Crippen LogP contribution in [0, 0.1) is 11.8 Å². The van der Waals surface area contributed by atoms with Crippen LogP contribution in [0.15, 0.2) is 116 Å². The Kier molecular flexibility index (Phi) is 48.3. The van der Waals surface area contributed by atoms with Crippen LogP contribution in [0.1, 0.15) is 128 Å². The highest BCUT2D eigenvalue weighted by Crippen LogP contribution is 2.22. The quantitative estimate of drug-likeness (QED) is 0.0169. The lowest BCUT2D eigenvalue weighted by atomic mass is 9.96. The fourth-order valence-electron chi connectivity index (χ4n) is 14.6. The van der Waals surface area contributed by atoms with Gasteiger partial charge in [-0.15, -0.1) is 0 Å². The second-order valence-electron chi connectivity index (χ2n) is 34.4. The van der Waals surface area contributed by atoms with Gasteiger partial charge >= 0.3 is 23.9 Å². The van der Waals surface area contributed by atoms with Crippen LogP contribution in [-0.4, -0.2) is 319 Å². The number of carbonyl (C=O) groups excluding carboxylic acids is 17. The van der Waals surface area contributed by atoms with E-state index in [0.717, 1.165) is 13.8 Å². The van der Waals surface area contributed by atoms with Crippen molar-refractivity contribution in [3.05, 3.63) is 144 Å². The van der Waals surface area contributed by atoms with Crippen LogP contribution in [0.4, 0.5) is 0 Å². The van der Waals surface area contributed by atoms with Gasteiger partial charge in [-0.05, 0) is 98.6 Å². The predicted molar refractivity (Wildman–Crippen MR) is 519 cm³/mol. The van der Waals surface area contributed by atoms with E-state index in [1.54, 1.807) is 104 Å². The fraction of sp³-hybridized carbons (Fsp3) is 0.489. The van der Waals surface area contributed by atoms with E-state index in [1.165, 1.54) is 82.5 Å². The zero-order chi connectivity index (χ0) is 107. The molecule has 50 nitrogen and oxygen atoms in total. The number of benzene rings is 3. The number of amides is 17. The summed E-state index contributed by atoms with van der Waals surface area (Å²) in [5.41, 5.74) is 13.0. The number of H-pyrrole nitrogens is 3. The lowest BCUT2D eigenvalue weighted by molar-refractivity contribution is -0.142. The topological polar surface area (TPSA) is 798 Å². The van der Waals surface area contributed by atoms with Gasteiger partial charge in [0.1, 0.15) is 96.7 Å². The van der Waals surface area contributed by atoms with Gasteiger partial charge in [-0.25, -0.2) is 14.8 Å². The number of aliphatic hydroxyl groups excluding tert-OH is 2. The van der Waals surface area contributed by atoms with Crippen molar-refractivity contribution in [1.82, 2.24) is 110 Å². The van der Waals surface area contributed by atoms with Crippen molar-refractivity contribution in [3.63, 3.8) is 0 Å². The maximum atomic E-state index is 15.3. The Morgan fingerprint density at radius 1 is 0.368 bits per heavy atom. The number of nitrogens with two attached hydrogens (primary N) is 2. The van der Waals surface area contributed by atoms with Crippen molar-refractivity contribution < 1.29 is 131 Å². The number of nitrogens with one attached hydrogen (secondary N) is 19. The highest BCUT2D eigenvalue weighted by molar-refractivity contribution is 7.98. The summed E-state index contributed by atoms with van der Waals surface area (Å²) >= 11 is 2.45. The average Bonchev–Trinajstić information content (AvgIpc) is 1.74. The first-order chi connectivity index (χ1) is 68.2. The van der Waals surface area contributed by atoms with E-state index in [9.17, 15) is 122 Å². The molecule has 0 radical (unpaired) electrons. The highest BCUT2D eigenvalue weighted by Gasteiger charge is 2.43. The van der Waals surface area contributed by atoms with E-state index in [2.05, 4.69) is 110 Å². The molecule has 0 aliphatic carbocycles. The van der Waals surface area contributed by atoms with Gasteiger partial charge in [0, 0.05) is 79.4 Å². The number of imidazole rings is 2. The molecule has 6 aromatic rings. The van der Waals surface area contributed by atoms with Crippen molar-refractivity contribution >= 4 is 159 Å². The summed E-state index contributed by atoms with van der Waals surface area (Å²) in [4.78, 5) is 307. The van der Waals surface area contributed by atoms with Crippen LogP contribution in [0.2, 0.25) is 0 Å². The molecule has 0 fully saturated rings. The number of aromatic nitrogens is 5. The molecule has 144 heavy (non-hydrogen) atoms. The van der Waals surface area contributed by atoms with E-state index in [4.69, 9.17) is 11.5 Å². The van der Waals surface area contributed by atoms with E-state index in [0.29, 0.717) is 27.6 Å². The number of carboxylic acid groups (broad SMARTS) is 4. The molecule has 52 heteroatoms. The zero-order valence-electron chi connectivity index (χ0n) is 80.5. The second-order valence-corrected chi connectivity index (χ2v) is 36.4. The number of aliphatic hydroxyl groups is 2. The number of aliphatic carboxylic acids is 4. The number of fused-ring (bicyclic) bond motifs is 1. The van der Waals surface area contributed by atoms with E-state index < -0.39 is 297 Å². The number of para-hydroxylation sites is 1. The second kappa shape index (κ2) is 59.1. The maximum absolute atomic E-state index is 15.3. The molecule has 3 aromatic carbocycles. The predicted octanol–water partition coefficient (Wildman–Crippen LogP) is -5.39. The Labute approximate surface area is 834 Å². The van der Waals surface area contributed by atoms with Gasteiger partial charge in [0.15, 0.2) is 0 Å². The van der Waals surface area contributed by atoms with Crippen LogP contribution in [-0.2, 0) is 133 Å². The summed E-state index contributed by atoms with van der Waals surface area (Å²) in [6.45, 7) is 8.96. The van der Waals surface area contributed by atoms with Gasteiger partial charge < -0.3 is 142 Å². The molecular formula is C92H127N23O27S2. The number of thioether (sulfide) groups is 2. The monoisotopic (exact) mass is 2050 g/mol. The first-order valence-electron chi connectivity index (χ1n) is 45.9. The zero-order valence-corrected chi connectivity index (χ0v) is 82.1. The van der Waals surface area contributed by atoms with E-state index in [1.807, 2.05) is 0 Å². The Morgan fingerprint density at radius 2 is 0.715 bits per heavy atom. The number of carboxylic acids is 4. The average molecular weight is 2050 g/mol. The summed E-state index contributed by atoms with van der Waals surface area (Å²) in [5.74, 6) is -26.8. The van der Waals surface area contributed by atoms with Crippen LogP contribution < -0.4 is 96.5 Å². The van der Waals surface area contributed by atoms with Crippen LogP contribution >= 0.6 is 23.5 Å². The standard InChI is InChI=1S/C92H127N23O27S2/c1-10-46(4)74(89(138)103-59(28-30-144-9)79(128)101-57(25-26-70(120)121)78(127)109-64(36-68(94)118)83(132)111-67(92(141)142)35-54-42-96-44-99-54)113-91(140)76(49(7)117)115-87(136)62(33-52-40-97-56-24-18-17-23-55(52)56)107-81(130)60(31-50-19-13-11-14-20-50)106-85(134)66(38-72(124)125)110-88(137)73(45(2)3)112-90(139)75(48(6)116)114-86(135)61(32-51-21-15-12-16-22-51)105-80(129)58(27-29-143-8)102-82(131)63(34-53-41-95-43-98-53)108-84(133)65(37-71(122)123)104-77(126)47(5)100-69(119)39-93/h11-24,40-49,57-67,73-76,97,116-117H,10,25-39,93H2,1-9H3,(H2,94,118)(H,95,98)(H,96,99)(H,100,119)(H,101,128)(H,102,131)(H,103,138)(H,104,126)(H,105,129)(H,106,134)(H,107,130)(H,108,133)(H,109,127)(H,110,137)(H,111,132)(H,112,139)(H,113,140)(H,114,135)(H,115,136)(H,120,121)(H,122,123)(H,124,125)(H,141,142)/t46-,47-,48+,49+,57-,58-,59-,60-,61-,62-,63-,64-,65-,66-,67-,73-,74-,75-,76-/m0/s1. The molecule has 19 atom stereocenters. The summed E-state index contributed by atoms with van der Waals surface area (Å²) in [6, 6.07) is -5.27. The van der Waals surface area contributed by atoms with Crippen LogP contribution in [0.3, 0.4) is 0 Å². The summed E-state index contributed by atoms with van der Waals surface area (Å²) in [5, 5.41) is 102. The molecule has 0 saturated carbocycles. The molecule has 29 N–H and O–H groups in total. The third kappa shape index (κ3) is 38.8. The summed E-state index contributed by atoms with van der Waals surface area (Å²) in [7, 11) is 0. The van der Waals surface area contributed by atoms with Gasteiger partial charge in [0.2, 0.25) is 100 Å². The molecular weight excluding hydrogens is 1920 g/mol. The van der Waals surface area contributed by atoms with Gasteiger partial charge in [-0.1, -0.05) is 113 Å². The van der Waals surface area contributed by atoms with Gasteiger partial charge in [-0.2, -0.15) is 23.5 Å². The van der Waals surface area contributed by atoms with Gasteiger partial charge in [-0.3, -0.25) is 95.9 Å². The minimum absolute atomic E-state index is 0.137. The summed E-state index contributed by atoms with van der Waals surface area (Å²) in [6.07, 6.45) is -0.280. The number of hydrogen-bond acceptors (Lipinski definition) is 28. The number of aromatic amines is 3. The molecule has 784 valence electrons. The first kappa shape index (κ1) is 118. The summed E-state index contributed by atoms with van der Waals surface area (Å²) < 4.78 is 0. The van der Waals surface area contributed by atoms with E-state index >= 15 is 9.59 Å². The van der Waals surface area contributed by atoms with E-state index in [-0.39, 0.29) is 61.4 Å². The van der Waals surface area contributed by atoms with Crippen LogP contribution in [0.25, 0.3) is 10.9 Å². The SMILES string of the molecule is CC[C@H](C)[C@H](NC(=O)[C@@H](NC(=O)[C@H](Cc1c[nH]c2ccccc12)NC(=O)[C@H](Cc1ccccc1)NC(=O)[C@H](CC(=O)O)NC(=O)[C@@H](NC(=O)[C@@H](NC(=O)[C@H](Cc1ccccc1)NC(=O)[C@H](CCSC)NC(=O)[C@H](Cc1cnc[nH]1)NC(=O)[C@H](CC(=O)O)NC(=O)[C@H](C)NC(=O)CN)[C@@H](C)O)C(C)C)[C@@H](C)O)C(=O)N[C@@H](CCSC)C(=O)N[C@@H](CCC(=O)O)C(=O)N[C@@H](CC(N)=O)C(=O)N[C@@H](Cc1cnc[nH]1)C(=O)O. The molecule has 17 amide bonds. The van der Waals surface area contributed by atoms with Gasteiger partial charge in [0.25, 0.3) is 0 Å². The molecule has 3 aromatic heterocycles. The number of nitrogens with zero attached hydrogens (tertiary/aromatic N) is 2. The number of rotatable bonds is 63. The normalized spacial score (nSPS) is 15.1. The highest BCUT2D eigenvalue weighted by atomic mass is 32.2. The third-order valence-corrected chi connectivity index (χ3v) is 24.0. The number of hydrogen-bond donors (Lipinski definition) is 27. The number of carbonyl (C=O) groups is 21. The molecule has 0 unspecified atom stereocenters. The Bertz CT molecular complexity index is 5410. The van der Waals surface area contributed by atoms with Crippen molar-refractivity contribution in [2.45, 2.75) is 241 Å². The maximum Gasteiger partial charge on any atom is 0.326 e. The third-order valence-electron chi connectivity index (χ3n) is 22.7. The minimum atomic E-state index is -2.11. The molecule has 0 spiro atoms. The molecule has 6 rings (SSSR count). The Morgan fingerprint density at radius 3 is 1.12 bits per heavy atom. The van der Waals surface area contributed by atoms with Crippen molar-refractivity contribution in [1.29, 1.82) is 0 Å². The largest absolute Gasteiger partial charge is 0.481 e. The van der Waals surface area contributed by atoms with Gasteiger partial charge in [0.05, 0.1) is 50.7 Å². The molecule has 0 bridgehead atoms. The number of primary amides is 1. The minimum Gasteiger partial charge on any atom is -0.481 e. The van der Waals surface area contributed by atoms with Crippen LogP contribution in [0.5, 0.6) is 0 Å².